The smallest absolute Gasteiger partial charge is 0.243 e. The van der Waals surface area contributed by atoms with Crippen molar-refractivity contribution in [2.24, 2.45) is 0 Å². The summed E-state index contributed by atoms with van der Waals surface area (Å²) in [4.78, 5) is 0.327. The number of benzene rings is 1. The lowest BCUT2D eigenvalue weighted by molar-refractivity contribution is 0.303. The van der Waals surface area contributed by atoms with Crippen molar-refractivity contribution in [2.75, 3.05) is 19.7 Å². The molecule has 0 saturated carbocycles. The maximum absolute atomic E-state index is 12.8. The molecule has 0 spiro atoms. The molecular formula is C17H26BrNO3S. The van der Waals surface area contributed by atoms with Gasteiger partial charge in [-0.15, -0.1) is 0 Å². The molecule has 4 nitrogen and oxygen atoms in total. The Labute approximate surface area is 148 Å². The fourth-order valence-corrected chi connectivity index (χ4v) is 4.61. The number of unbranched alkanes of at least 4 members (excludes halogenated alkanes) is 2. The second-order valence-electron chi connectivity index (χ2n) is 5.97. The van der Waals surface area contributed by atoms with Crippen molar-refractivity contribution in [1.82, 2.24) is 4.31 Å². The highest BCUT2D eigenvalue weighted by molar-refractivity contribution is 9.10. The summed E-state index contributed by atoms with van der Waals surface area (Å²) >= 11 is 3.44. The molecule has 23 heavy (non-hydrogen) atoms. The van der Waals surface area contributed by atoms with E-state index in [9.17, 15) is 8.42 Å². The van der Waals surface area contributed by atoms with Crippen LogP contribution in [-0.2, 0) is 10.0 Å². The summed E-state index contributed by atoms with van der Waals surface area (Å²) in [6.07, 6.45) is 7.33. The van der Waals surface area contributed by atoms with E-state index in [4.69, 9.17) is 4.74 Å². The van der Waals surface area contributed by atoms with Crippen LogP contribution in [0.15, 0.2) is 27.6 Å². The van der Waals surface area contributed by atoms with E-state index in [0.29, 0.717) is 30.3 Å². The van der Waals surface area contributed by atoms with Gasteiger partial charge < -0.3 is 4.74 Å². The van der Waals surface area contributed by atoms with Crippen LogP contribution in [0.25, 0.3) is 0 Å². The Balaban J connectivity index is 2.14. The summed E-state index contributed by atoms with van der Waals surface area (Å²) in [5.74, 6) is 0.608. The van der Waals surface area contributed by atoms with Crippen LogP contribution in [0.2, 0.25) is 0 Å². The van der Waals surface area contributed by atoms with E-state index in [1.54, 1.807) is 22.5 Å². The molecule has 0 atom stereocenters. The molecule has 130 valence electrons. The summed E-state index contributed by atoms with van der Waals surface area (Å²) in [6, 6.07) is 5.07. The predicted molar refractivity (Wildman–Crippen MR) is 96.4 cm³/mol. The molecule has 1 fully saturated rings. The summed E-state index contributed by atoms with van der Waals surface area (Å²) < 4.78 is 33.8. The lowest BCUT2D eigenvalue weighted by Gasteiger charge is -2.20. The zero-order valence-electron chi connectivity index (χ0n) is 13.8. The van der Waals surface area contributed by atoms with Crippen LogP contribution in [-0.4, -0.2) is 32.4 Å². The minimum Gasteiger partial charge on any atom is -0.492 e. The molecule has 0 N–H and O–H groups in total. The highest BCUT2D eigenvalue weighted by Gasteiger charge is 2.25. The molecule has 6 heteroatoms. The van der Waals surface area contributed by atoms with E-state index >= 15 is 0 Å². The molecule has 0 bridgehead atoms. The lowest BCUT2D eigenvalue weighted by Crippen LogP contribution is -2.31. The van der Waals surface area contributed by atoms with Gasteiger partial charge in [-0.1, -0.05) is 32.6 Å². The van der Waals surface area contributed by atoms with E-state index in [0.717, 1.165) is 49.4 Å². The standard InChI is InChI=1S/C17H26BrNO3S/c1-2-3-8-13-22-17-14-15(9-10-16(17)18)23(20,21)19-11-6-4-5-7-12-19/h9-10,14H,2-8,11-13H2,1H3. The van der Waals surface area contributed by atoms with Crippen LogP contribution in [0, 0.1) is 0 Å². The fourth-order valence-electron chi connectivity index (χ4n) is 2.72. The zero-order valence-corrected chi connectivity index (χ0v) is 16.2. The summed E-state index contributed by atoms with van der Waals surface area (Å²) in [6.45, 7) is 3.99. The van der Waals surface area contributed by atoms with Crippen LogP contribution >= 0.6 is 15.9 Å². The second kappa shape index (κ2) is 9.04. The van der Waals surface area contributed by atoms with E-state index in [2.05, 4.69) is 22.9 Å². The molecule has 1 aliphatic heterocycles. The van der Waals surface area contributed by atoms with Crippen LogP contribution in [0.1, 0.15) is 51.9 Å². The SMILES string of the molecule is CCCCCOc1cc(S(=O)(=O)N2CCCCCC2)ccc1Br. The number of ether oxygens (including phenoxy) is 1. The summed E-state index contributed by atoms with van der Waals surface area (Å²) in [5, 5.41) is 0. The Hall–Kier alpha value is -0.590. The van der Waals surface area contributed by atoms with Crippen molar-refractivity contribution in [2.45, 2.75) is 56.8 Å². The van der Waals surface area contributed by atoms with E-state index in [1.807, 2.05) is 0 Å². The Morgan fingerprint density at radius 2 is 1.83 bits per heavy atom. The number of halogens is 1. The molecule has 0 radical (unpaired) electrons. The Morgan fingerprint density at radius 3 is 2.48 bits per heavy atom. The largest absolute Gasteiger partial charge is 0.492 e. The first-order valence-corrected chi connectivity index (χ1v) is 10.7. The molecule has 0 aromatic heterocycles. The zero-order chi connectivity index (χ0) is 16.7. The third kappa shape index (κ3) is 5.19. The van der Waals surface area contributed by atoms with E-state index < -0.39 is 10.0 Å². The number of rotatable bonds is 7. The number of nitrogens with zero attached hydrogens (tertiary/aromatic N) is 1. The van der Waals surface area contributed by atoms with Crippen molar-refractivity contribution in [3.8, 4) is 5.75 Å². The van der Waals surface area contributed by atoms with Crippen molar-refractivity contribution >= 4 is 26.0 Å². The monoisotopic (exact) mass is 403 g/mol. The lowest BCUT2D eigenvalue weighted by atomic mass is 10.2. The summed E-state index contributed by atoms with van der Waals surface area (Å²) in [5.41, 5.74) is 0. The minimum atomic E-state index is -3.43. The quantitative estimate of drug-likeness (QED) is 0.625. The number of hydrogen-bond donors (Lipinski definition) is 0. The van der Waals surface area contributed by atoms with Crippen molar-refractivity contribution < 1.29 is 13.2 Å². The second-order valence-corrected chi connectivity index (χ2v) is 8.76. The van der Waals surface area contributed by atoms with Gasteiger partial charge in [0.2, 0.25) is 10.0 Å². The van der Waals surface area contributed by atoms with Crippen molar-refractivity contribution in [3.63, 3.8) is 0 Å². The molecule has 1 aromatic rings. The van der Waals surface area contributed by atoms with Crippen LogP contribution < -0.4 is 4.74 Å². The van der Waals surface area contributed by atoms with Gasteiger partial charge in [-0.2, -0.15) is 4.31 Å². The van der Waals surface area contributed by atoms with Crippen LogP contribution in [0.3, 0.4) is 0 Å². The third-order valence-corrected chi connectivity index (χ3v) is 6.66. The Bertz CT molecular complexity index is 596. The molecule has 0 aliphatic carbocycles. The maximum Gasteiger partial charge on any atom is 0.243 e. The van der Waals surface area contributed by atoms with Gasteiger partial charge in [0.05, 0.1) is 16.0 Å². The van der Waals surface area contributed by atoms with Gasteiger partial charge >= 0.3 is 0 Å². The van der Waals surface area contributed by atoms with Crippen LogP contribution in [0.5, 0.6) is 5.75 Å². The number of sulfonamides is 1. The van der Waals surface area contributed by atoms with Crippen LogP contribution in [0.4, 0.5) is 0 Å². The molecule has 1 heterocycles. The molecule has 2 rings (SSSR count). The van der Waals surface area contributed by atoms with Gasteiger partial charge in [0, 0.05) is 19.2 Å². The van der Waals surface area contributed by atoms with E-state index in [1.165, 1.54) is 0 Å². The highest BCUT2D eigenvalue weighted by Crippen LogP contribution is 2.30. The average molecular weight is 404 g/mol. The molecule has 0 unspecified atom stereocenters. The normalized spacial score (nSPS) is 17.0. The Morgan fingerprint density at radius 1 is 1.13 bits per heavy atom. The van der Waals surface area contributed by atoms with Gasteiger partial charge in [0.25, 0.3) is 0 Å². The van der Waals surface area contributed by atoms with Gasteiger partial charge in [-0.05, 0) is 47.3 Å². The van der Waals surface area contributed by atoms with Gasteiger partial charge in [0.15, 0.2) is 0 Å². The maximum atomic E-state index is 12.8. The molecule has 1 saturated heterocycles. The number of hydrogen-bond acceptors (Lipinski definition) is 3. The topological polar surface area (TPSA) is 46.6 Å². The van der Waals surface area contributed by atoms with Gasteiger partial charge in [-0.25, -0.2) is 8.42 Å². The summed E-state index contributed by atoms with van der Waals surface area (Å²) in [7, 11) is -3.43. The first kappa shape index (κ1) is 18.7. The Kier molecular flexibility index (Phi) is 7.37. The molecule has 1 aliphatic rings. The van der Waals surface area contributed by atoms with E-state index in [-0.39, 0.29) is 0 Å². The molecule has 0 amide bonds. The van der Waals surface area contributed by atoms with Crippen molar-refractivity contribution in [1.29, 1.82) is 0 Å². The highest BCUT2D eigenvalue weighted by atomic mass is 79.9. The third-order valence-electron chi connectivity index (χ3n) is 4.11. The predicted octanol–water partition coefficient (Wildman–Crippen LogP) is 4.58. The first-order chi connectivity index (χ1) is 11.1. The first-order valence-electron chi connectivity index (χ1n) is 8.48. The molecular weight excluding hydrogens is 378 g/mol. The van der Waals surface area contributed by atoms with Gasteiger partial charge in [-0.3, -0.25) is 0 Å². The van der Waals surface area contributed by atoms with Crippen molar-refractivity contribution in [3.05, 3.63) is 22.7 Å². The molecule has 1 aromatic carbocycles. The fraction of sp³-hybridized carbons (Fsp3) is 0.647. The van der Waals surface area contributed by atoms with Gasteiger partial charge in [0.1, 0.15) is 5.75 Å². The average Bonchev–Trinajstić information content (AvgIpc) is 2.82. The minimum absolute atomic E-state index is 0.327.